The van der Waals surface area contributed by atoms with E-state index in [0.717, 1.165) is 38.8 Å². The van der Waals surface area contributed by atoms with Crippen LogP contribution in [0, 0.1) is 0 Å². The number of nitrogens with one attached hydrogen (secondary N) is 1. The standard InChI is InChI=1S/C24H20N8O2/c1-31-13-15-9-14(3-4-17(15)24(31)33)18-5-6-21-28-29-22(32(21)30-18)12-26-19-7-8-25-20-10-16(34-2)11-27-23(19)20/h3-11,13,33H,12H2,1-2H3,(H,25,26). The van der Waals surface area contributed by atoms with Crippen LogP contribution in [0.3, 0.4) is 0 Å². The van der Waals surface area contributed by atoms with E-state index in [9.17, 15) is 5.11 Å². The Kier molecular flexibility index (Phi) is 4.51. The molecule has 10 heteroatoms. The van der Waals surface area contributed by atoms with Gasteiger partial charge in [0.1, 0.15) is 11.3 Å². The highest BCUT2D eigenvalue weighted by molar-refractivity contribution is 5.91. The molecule has 0 spiro atoms. The van der Waals surface area contributed by atoms with E-state index in [1.807, 2.05) is 55.7 Å². The summed E-state index contributed by atoms with van der Waals surface area (Å²) in [7, 11) is 3.41. The van der Waals surface area contributed by atoms with Crippen LogP contribution in [0.25, 0.3) is 38.7 Å². The van der Waals surface area contributed by atoms with E-state index in [-0.39, 0.29) is 5.88 Å². The van der Waals surface area contributed by atoms with Crippen molar-refractivity contribution in [3.05, 3.63) is 66.9 Å². The molecule has 0 amide bonds. The van der Waals surface area contributed by atoms with Crippen molar-refractivity contribution < 1.29 is 9.84 Å². The van der Waals surface area contributed by atoms with Crippen molar-refractivity contribution in [2.24, 2.45) is 7.05 Å². The topological polar surface area (TPSA) is 115 Å². The molecule has 0 saturated heterocycles. The summed E-state index contributed by atoms with van der Waals surface area (Å²) in [4.78, 5) is 8.85. The van der Waals surface area contributed by atoms with Crippen molar-refractivity contribution in [3.63, 3.8) is 0 Å². The van der Waals surface area contributed by atoms with Gasteiger partial charge in [0.25, 0.3) is 0 Å². The Hall–Kier alpha value is -4.73. The van der Waals surface area contributed by atoms with Gasteiger partial charge < -0.3 is 19.7 Å². The zero-order valence-corrected chi connectivity index (χ0v) is 18.5. The number of pyridine rings is 2. The Morgan fingerprint density at radius 1 is 1.06 bits per heavy atom. The highest BCUT2D eigenvalue weighted by Crippen LogP contribution is 2.30. The van der Waals surface area contributed by atoms with Crippen LogP contribution in [-0.4, -0.2) is 46.6 Å². The maximum absolute atomic E-state index is 10.2. The SMILES string of the molecule is COc1cnc2c(NCc3nnc4ccc(-c5ccc6c(O)n(C)cc6c5)nn34)ccnc2c1. The van der Waals surface area contributed by atoms with Gasteiger partial charge >= 0.3 is 0 Å². The summed E-state index contributed by atoms with van der Waals surface area (Å²) in [6.07, 6.45) is 5.28. The van der Waals surface area contributed by atoms with E-state index in [2.05, 4.69) is 25.5 Å². The Bertz CT molecular complexity index is 1690. The van der Waals surface area contributed by atoms with Crippen LogP contribution in [0.1, 0.15) is 5.82 Å². The first-order chi connectivity index (χ1) is 16.6. The number of ether oxygens (including phenoxy) is 1. The molecule has 5 aromatic heterocycles. The lowest BCUT2D eigenvalue weighted by atomic mass is 10.1. The molecule has 2 N–H and O–H groups in total. The number of methoxy groups -OCH3 is 1. The summed E-state index contributed by atoms with van der Waals surface area (Å²) in [6.45, 7) is 0.399. The number of benzene rings is 1. The van der Waals surface area contributed by atoms with E-state index >= 15 is 0 Å². The van der Waals surface area contributed by atoms with Crippen LogP contribution < -0.4 is 10.1 Å². The number of anilines is 1. The lowest BCUT2D eigenvalue weighted by Crippen LogP contribution is -2.07. The Balaban J connectivity index is 1.33. The Morgan fingerprint density at radius 3 is 2.85 bits per heavy atom. The van der Waals surface area contributed by atoms with E-state index in [1.54, 1.807) is 28.6 Å². The molecule has 0 atom stereocenters. The number of hydrogen-bond acceptors (Lipinski definition) is 8. The lowest BCUT2D eigenvalue weighted by Gasteiger charge is -2.09. The molecule has 0 aliphatic carbocycles. The quantitative estimate of drug-likeness (QED) is 0.408. The molecule has 1 aromatic carbocycles. The molecular weight excluding hydrogens is 432 g/mol. The molecule has 0 bridgehead atoms. The van der Waals surface area contributed by atoms with E-state index in [1.165, 1.54) is 0 Å². The molecule has 0 saturated carbocycles. The van der Waals surface area contributed by atoms with Gasteiger partial charge in [0.2, 0.25) is 0 Å². The van der Waals surface area contributed by atoms with Crippen molar-refractivity contribution in [2.75, 3.05) is 12.4 Å². The van der Waals surface area contributed by atoms with Crippen LogP contribution in [-0.2, 0) is 13.6 Å². The highest BCUT2D eigenvalue weighted by Gasteiger charge is 2.12. The zero-order valence-electron chi connectivity index (χ0n) is 18.5. The minimum atomic E-state index is 0.244. The van der Waals surface area contributed by atoms with E-state index in [4.69, 9.17) is 9.84 Å². The minimum Gasteiger partial charge on any atom is -0.495 e. The second kappa shape index (κ2) is 7.69. The largest absolute Gasteiger partial charge is 0.495 e. The van der Waals surface area contributed by atoms with Gasteiger partial charge in [-0.2, -0.15) is 9.61 Å². The Labute approximate surface area is 193 Å². The number of nitrogens with zero attached hydrogens (tertiary/aromatic N) is 7. The molecule has 34 heavy (non-hydrogen) atoms. The third kappa shape index (κ3) is 3.24. The number of rotatable bonds is 5. The summed E-state index contributed by atoms with van der Waals surface area (Å²) < 4.78 is 8.67. The van der Waals surface area contributed by atoms with Gasteiger partial charge in [-0.05, 0) is 30.3 Å². The fourth-order valence-electron chi connectivity index (χ4n) is 4.03. The van der Waals surface area contributed by atoms with Gasteiger partial charge in [-0.15, -0.1) is 10.2 Å². The van der Waals surface area contributed by atoms with Gasteiger partial charge in [-0.3, -0.25) is 4.98 Å². The van der Waals surface area contributed by atoms with Gasteiger partial charge in [-0.1, -0.05) is 6.07 Å². The molecule has 168 valence electrons. The third-order valence-electron chi connectivity index (χ3n) is 5.81. The van der Waals surface area contributed by atoms with Crippen molar-refractivity contribution in [3.8, 4) is 22.9 Å². The predicted molar refractivity (Wildman–Crippen MR) is 128 cm³/mol. The number of aryl methyl sites for hydroxylation is 1. The van der Waals surface area contributed by atoms with Crippen molar-refractivity contribution in [1.82, 2.24) is 34.3 Å². The average Bonchev–Trinajstić information content (AvgIpc) is 3.41. The van der Waals surface area contributed by atoms with Crippen LogP contribution in [0.2, 0.25) is 0 Å². The fourth-order valence-corrected chi connectivity index (χ4v) is 4.03. The van der Waals surface area contributed by atoms with Crippen LogP contribution in [0.5, 0.6) is 11.6 Å². The van der Waals surface area contributed by atoms with Crippen molar-refractivity contribution >= 4 is 33.1 Å². The number of aromatic nitrogens is 7. The summed E-state index contributed by atoms with van der Waals surface area (Å²) >= 11 is 0. The van der Waals surface area contributed by atoms with Crippen LogP contribution >= 0.6 is 0 Å². The molecule has 0 unspecified atom stereocenters. The first kappa shape index (κ1) is 19.9. The minimum absolute atomic E-state index is 0.244. The normalized spacial score (nSPS) is 11.5. The van der Waals surface area contributed by atoms with Crippen molar-refractivity contribution in [1.29, 1.82) is 0 Å². The summed E-state index contributed by atoms with van der Waals surface area (Å²) in [5, 5.41) is 28.6. The molecular formula is C24H20N8O2. The number of aromatic hydroxyl groups is 1. The van der Waals surface area contributed by atoms with Crippen LogP contribution in [0.15, 0.2) is 61.1 Å². The Morgan fingerprint density at radius 2 is 1.97 bits per heavy atom. The van der Waals surface area contributed by atoms with E-state index < -0.39 is 0 Å². The van der Waals surface area contributed by atoms with Gasteiger partial charge in [0, 0.05) is 41.8 Å². The number of fused-ring (bicyclic) bond motifs is 3. The molecule has 0 radical (unpaired) electrons. The molecule has 6 aromatic rings. The van der Waals surface area contributed by atoms with Gasteiger partial charge in [0.15, 0.2) is 17.4 Å². The second-order valence-electron chi connectivity index (χ2n) is 7.93. The average molecular weight is 452 g/mol. The molecule has 10 nitrogen and oxygen atoms in total. The monoisotopic (exact) mass is 452 g/mol. The predicted octanol–water partition coefficient (Wildman–Crippen LogP) is 3.55. The fraction of sp³-hybridized carbons (Fsp3) is 0.125. The summed E-state index contributed by atoms with van der Waals surface area (Å²) in [5.41, 5.74) is 4.67. The first-order valence-corrected chi connectivity index (χ1v) is 10.6. The summed E-state index contributed by atoms with van der Waals surface area (Å²) in [6, 6.07) is 13.4. The number of hydrogen-bond donors (Lipinski definition) is 2. The molecule has 0 aliphatic rings. The van der Waals surface area contributed by atoms with Gasteiger partial charge in [0.05, 0.1) is 36.7 Å². The van der Waals surface area contributed by atoms with Crippen molar-refractivity contribution in [2.45, 2.75) is 6.54 Å². The first-order valence-electron chi connectivity index (χ1n) is 10.6. The molecule has 5 heterocycles. The summed E-state index contributed by atoms with van der Waals surface area (Å²) in [5.74, 6) is 1.56. The van der Waals surface area contributed by atoms with Crippen LogP contribution in [0.4, 0.5) is 5.69 Å². The lowest BCUT2D eigenvalue weighted by molar-refractivity contribution is 0.413. The highest BCUT2D eigenvalue weighted by atomic mass is 16.5. The maximum Gasteiger partial charge on any atom is 0.198 e. The molecule has 0 fully saturated rings. The molecule has 6 rings (SSSR count). The second-order valence-corrected chi connectivity index (χ2v) is 7.93. The van der Waals surface area contributed by atoms with Gasteiger partial charge in [-0.25, -0.2) is 4.98 Å². The molecule has 0 aliphatic heterocycles. The zero-order chi connectivity index (χ0) is 23.2. The maximum atomic E-state index is 10.2. The third-order valence-corrected chi connectivity index (χ3v) is 5.81. The smallest absolute Gasteiger partial charge is 0.198 e. The van der Waals surface area contributed by atoms with E-state index in [0.29, 0.717) is 23.8 Å².